The summed E-state index contributed by atoms with van der Waals surface area (Å²) >= 11 is 0. The average Bonchev–Trinajstić information content (AvgIpc) is 2.53. The van der Waals surface area contributed by atoms with Crippen LogP contribution in [0.25, 0.3) is 11.2 Å². The molecular weight excluding hydrogens is 268 g/mol. The van der Waals surface area contributed by atoms with E-state index in [0.29, 0.717) is 18.1 Å². The molecule has 106 valence electrons. The van der Waals surface area contributed by atoms with Crippen LogP contribution in [0.2, 0.25) is 0 Å². The second kappa shape index (κ2) is 5.98. The maximum atomic E-state index is 9.19. The van der Waals surface area contributed by atoms with Gasteiger partial charge in [0, 0.05) is 12.7 Å². The Balaban J connectivity index is 0.000000312. The van der Waals surface area contributed by atoms with Crippen molar-refractivity contribution in [1.29, 1.82) is 0 Å². The lowest BCUT2D eigenvalue weighted by molar-refractivity contribution is 0.490. The van der Waals surface area contributed by atoms with Crippen molar-refractivity contribution >= 4 is 27.2 Å². The Morgan fingerprint density at radius 2 is 2.05 bits per heavy atom. The standard InChI is InChI=1S/C10H14N4.CH4O3S/c1-7(2)6-14-9-8(13-10(14)11)4-3-5-12-9;1-5(2,3)4/h3-5,7H,6H2,1-2H3,(H2,11,13);1H3,(H,2,3,4). The number of anilines is 1. The molecule has 0 radical (unpaired) electrons. The highest BCUT2D eigenvalue weighted by Gasteiger charge is 2.09. The SMILES string of the molecule is CC(C)Cn1c(N)nc2cccnc21.CS(=O)(=O)O. The normalized spacial score (nSPS) is 11.4. The third-order valence-corrected chi connectivity index (χ3v) is 2.08. The van der Waals surface area contributed by atoms with E-state index in [4.69, 9.17) is 10.3 Å². The summed E-state index contributed by atoms with van der Waals surface area (Å²) in [6.45, 7) is 5.15. The Kier molecular flexibility index (Phi) is 4.84. The lowest BCUT2D eigenvalue weighted by Gasteiger charge is -2.07. The lowest BCUT2D eigenvalue weighted by Crippen LogP contribution is -2.08. The topological polar surface area (TPSA) is 111 Å². The van der Waals surface area contributed by atoms with E-state index in [-0.39, 0.29) is 0 Å². The van der Waals surface area contributed by atoms with Crippen LogP contribution >= 0.6 is 0 Å². The summed E-state index contributed by atoms with van der Waals surface area (Å²) in [5, 5.41) is 0. The Morgan fingerprint density at radius 1 is 1.47 bits per heavy atom. The van der Waals surface area contributed by atoms with Gasteiger partial charge in [-0.3, -0.25) is 9.12 Å². The quantitative estimate of drug-likeness (QED) is 0.802. The molecule has 2 heterocycles. The number of fused-ring (bicyclic) bond motifs is 1. The van der Waals surface area contributed by atoms with Crippen LogP contribution in [0.1, 0.15) is 13.8 Å². The van der Waals surface area contributed by atoms with Gasteiger partial charge in [0.1, 0.15) is 5.52 Å². The van der Waals surface area contributed by atoms with Gasteiger partial charge < -0.3 is 5.73 Å². The zero-order valence-corrected chi connectivity index (χ0v) is 11.9. The zero-order valence-electron chi connectivity index (χ0n) is 11.1. The molecule has 0 unspecified atom stereocenters. The number of hydrogen-bond acceptors (Lipinski definition) is 5. The summed E-state index contributed by atoms with van der Waals surface area (Å²) in [6.07, 6.45) is 2.48. The molecule has 0 fully saturated rings. The number of pyridine rings is 1. The Morgan fingerprint density at radius 3 is 2.58 bits per heavy atom. The molecule has 0 spiro atoms. The number of imidazole rings is 1. The fraction of sp³-hybridized carbons (Fsp3) is 0.455. The Bertz CT molecular complexity index is 641. The van der Waals surface area contributed by atoms with E-state index in [9.17, 15) is 8.42 Å². The molecule has 0 amide bonds. The van der Waals surface area contributed by atoms with Crippen molar-refractivity contribution in [2.75, 3.05) is 12.0 Å². The second-order valence-corrected chi connectivity index (χ2v) is 6.02. The van der Waals surface area contributed by atoms with Gasteiger partial charge in [0.05, 0.1) is 6.26 Å². The minimum Gasteiger partial charge on any atom is -0.369 e. The van der Waals surface area contributed by atoms with Crippen LogP contribution < -0.4 is 5.73 Å². The van der Waals surface area contributed by atoms with Crippen LogP contribution in [0.4, 0.5) is 5.95 Å². The van der Waals surface area contributed by atoms with E-state index < -0.39 is 10.1 Å². The predicted octanol–water partition coefficient (Wildman–Crippen LogP) is 1.17. The highest BCUT2D eigenvalue weighted by molar-refractivity contribution is 7.85. The highest BCUT2D eigenvalue weighted by Crippen LogP contribution is 2.16. The molecule has 19 heavy (non-hydrogen) atoms. The molecule has 0 aromatic carbocycles. The second-order valence-electron chi connectivity index (χ2n) is 4.55. The summed E-state index contributed by atoms with van der Waals surface area (Å²) < 4.78 is 27.8. The van der Waals surface area contributed by atoms with Crippen LogP contribution in [0.5, 0.6) is 0 Å². The summed E-state index contributed by atoms with van der Waals surface area (Å²) in [7, 11) is -3.67. The van der Waals surface area contributed by atoms with Crippen LogP contribution in [-0.2, 0) is 16.7 Å². The monoisotopic (exact) mass is 286 g/mol. The molecule has 0 atom stereocenters. The molecule has 0 aliphatic rings. The first-order valence-corrected chi connectivity index (χ1v) is 7.52. The molecule has 0 aliphatic heterocycles. The number of hydrogen-bond donors (Lipinski definition) is 2. The van der Waals surface area contributed by atoms with Gasteiger partial charge in [-0.25, -0.2) is 9.97 Å². The van der Waals surface area contributed by atoms with E-state index in [0.717, 1.165) is 17.7 Å². The molecule has 0 bridgehead atoms. The largest absolute Gasteiger partial charge is 0.369 e. The molecule has 2 aromatic heterocycles. The van der Waals surface area contributed by atoms with E-state index in [2.05, 4.69) is 23.8 Å². The van der Waals surface area contributed by atoms with Crippen LogP contribution in [-0.4, -0.2) is 33.8 Å². The van der Waals surface area contributed by atoms with E-state index in [1.165, 1.54) is 0 Å². The Labute approximate surface area is 112 Å². The van der Waals surface area contributed by atoms with Crippen LogP contribution in [0.3, 0.4) is 0 Å². The van der Waals surface area contributed by atoms with Crippen LogP contribution in [0, 0.1) is 5.92 Å². The van der Waals surface area contributed by atoms with Gasteiger partial charge in [-0.2, -0.15) is 8.42 Å². The van der Waals surface area contributed by atoms with Crippen LogP contribution in [0.15, 0.2) is 18.3 Å². The molecular formula is C11H18N4O3S. The molecule has 0 saturated carbocycles. The molecule has 7 nitrogen and oxygen atoms in total. The molecule has 2 aromatic rings. The highest BCUT2D eigenvalue weighted by atomic mass is 32.2. The average molecular weight is 286 g/mol. The van der Waals surface area contributed by atoms with E-state index in [1.807, 2.05) is 16.7 Å². The van der Waals surface area contributed by atoms with Gasteiger partial charge in [-0.1, -0.05) is 13.8 Å². The number of rotatable bonds is 2. The van der Waals surface area contributed by atoms with Gasteiger partial charge in [-0.05, 0) is 18.1 Å². The van der Waals surface area contributed by atoms with Gasteiger partial charge in [0.2, 0.25) is 5.95 Å². The van der Waals surface area contributed by atoms with Gasteiger partial charge in [-0.15, -0.1) is 0 Å². The van der Waals surface area contributed by atoms with Crippen molar-refractivity contribution in [3.8, 4) is 0 Å². The molecule has 2 rings (SSSR count). The molecule has 0 aliphatic carbocycles. The first-order chi connectivity index (χ1) is 8.68. The zero-order chi connectivity index (χ0) is 14.6. The minimum atomic E-state index is -3.67. The van der Waals surface area contributed by atoms with Crippen molar-refractivity contribution in [1.82, 2.24) is 14.5 Å². The van der Waals surface area contributed by atoms with E-state index >= 15 is 0 Å². The third kappa shape index (κ3) is 5.23. The number of nitrogen functional groups attached to an aromatic ring is 1. The van der Waals surface area contributed by atoms with Crippen molar-refractivity contribution in [2.24, 2.45) is 5.92 Å². The van der Waals surface area contributed by atoms with E-state index in [1.54, 1.807) is 6.20 Å². The van der Waals surface area contributed by atoms with Gasteiger partial charge in [0.15, 0.2) is 5.65 Å². The maximum absolute atomic E-state index is 9.19. The lowest BCUT2D eigenvalue weighted by atomic mass is 10.2. The van der Waals surface area contributed by atoms with Crippen molar-refractivity contribution in [3.05, 3.63) is 18.3 Å². The van der Waals surface area contributed by atoms with Crippen molar-refractivity contribution < 1.29 is 13.0 Å². The van der Waals surface area contributed by atoms with Gasteiger partial charge >= 0.3 is 0 Å². The number of nitrogens with two attached hydrogens (primary N) is 1. The van der Waals surface area contributed by atoms with Crippen molar-refractivity contribution in [3.63, 3.8) is 0 Å². The summed E-state index contributed by atoms with van der Waals surface area (Å²) in [4.78, 5) is 8.52. The van der Waals surface area contributed by atoms with Gasteiger partial charge in [0.25, 0.3) is 10.1 Å². The van der Waals surface area contributed by atoms with Crippen molar-refractivity contribution in [2.45, 2.75) is 20.4 Å². The smallest absolute Gasteiger partial charge is 0.261 e. The fourth-order valence-electron chi connectivity index (χ4n) is 1.52. The summed E-state index contributed by atoms with van der Waals surface area (Å²) in [5.41, 5.74) is 7.55. The number of aromatic nitrogens is 3. The summed E-state index contributed by atoms with van der Waals surface area (Å²) in [6, 6.07) is 3.80. The Hall–Kier alpha value is -1.67. The minimum absolute atomic E-state index is 0.539. The number of nitrogens with zero attached hydrogens (tertiary/aromatic N) is 3. The predicted molar refractivity (Wildman–Crippen MR) is 74.3 cm³/mol. The summed E-state index contributed by atoms with van der Waals surface area (Å²) in [5.74, 6) is 1.09. The fourth-order valence-corrected chi connectivity index (χ4v) is 1.52. The molecule has 0 saturated heterocycles. The first-order valence-electron chi connectivity index (χ1n) is 5.67. The maximum Gasteiger partial charge on any atom is 0.261 e. The molecule has 3 N–H and O–H groups in total. The third-order valence-electron chi connectivity index (χ3n) is 2.08. The first kappa shape index (κ1) is 15.4. The molecule has 8 heteroatoms.